The Labute approximate surface area is 148 Å². The highest BCUT2D eigenvalue weighted by atomic mass is 79.9. The van der Waals surface area contributed by atoms with Crippen LogP contribution in [0.2, 0.25) is 5.02 Å². The first-order valence-corrected chi connectivity index (χ1v) is 8.37. The minimum absolute atomic E-state index is 0.00524. The van der Waals surface area contributed by atoms with Gasteiger partial charge in [-0.2, -0.15) is 0 Å². The first-order chi connectivity index (χ1) is 11.0. The van der Waals surface area contributed by atoms with Gasteiger partial charge in [0.25, 0.3) is 5.91 Å². The van der Waals surface area contributed by atoms with E-state index < -0.39 is 5.82 Å². The summed E-state index contributed by atoms with van der Waals surface area (Å²) < 4.78 is 20.0. The lowest BCUT2D eigenvalue weighted by Gasteiger charge is -2.08. The topological polar surface area (TPSA) is 51.2 Å². The summed E-state index contributed by atoms with van der Waals surface area (Å²) in [6, 6.07) is 7.84. The van der Waals surface area contributed by atoms with Gasteiger partial charge in [-0.25, -0.2) is 9.37 Å². The number of nitrogens with one attached hydrogen (secondary N) is 1. The van der Waals surface area contributed by atoms with Gasteiger partial charge in [0.15, 0.2) is 5.13 Å². The Morgan fingerprint density at radius 1 is 1.39 bits per heavy atom. The summed E-state index contributed by atoms with van der Waals surface area (Å²) in [5, 5.41) is 3.04. The van der Waals surface area contributed by atoms with Gasteiger partial charge in [-0.05, 0) is 30.3 Å². The Bertz CT molecular complexity index is 877. The molecule has 8 heteroatoms. The lowest BCUT2D eigenvalue weighted by Crippen LogP contribution is -2.13. The molecular formula is C15H9BrClFN2O2S. The normalized spacial score (nSPS) is 10.8. The summed E-state index contributed by atoms with van der Waals surface area (Å²) in [5.41, 5.74) is 0.892. The van der Waals surface area contributed by atoms with Crippen LogP contribution in [-0.2, 0) is 0 Å². The van der Waals surface area contributed by atoms with Crippen molar-refractivity contribution in [3.05, 3.63) is 51.2 Å². The number of methoxy groups -OCH3 is 1. The van der Waals surface area contributed by atoms with Crippen LogP contribution in [0, 0.1) is 5.82 Å². The minimum Gasteiger partial charge on any atom is -0.496 e. The van der Waals surface area contributed by atoms with Crippen molar-refractivity contribution in [2.45, 2.75) is 0 Å². The number of thiazole rings is 1. The highest BCUT2D eigenvalue weighted by Crippen LogP contribution is 2.31. The predicted octanol–water partition coefficient (Wildman–Crippen LogP) is 5.11. The van der Waals surface area contributed by atoms with Crippen LogP contribution in [0.1, 0.15) is 10.4 Å². The molecule has 0 aliphatic rings. The van der Waals surface area contributed by atoms with Crippen molar-refractivity contribution in [1.82, 2.24) is 4.98 Å². The number of hydrogen-bond acceptors (Lipinski definition) is 4. The number of aromatic nitrogens is 1. The van der Waals surface area contributed by atoms with E-state index in [2.05, 4.69) is 26.2 Å². The van der Waals surface area contributed by atoms with Gasteiger partial charge < -0.3 is 4.74 Å². The zero-order valence-corrected chi connectivity index (χ0v) is 14.9. The largest absolute Gasteiger partial charge is 0.496 e. The third-order valence-corrected chi connectivity index (χ3v) is 4.77. The molecule has 23 heavy (non-hydrogen) atoms. The predicted molar refractivity (Wildman–Crippen MR) is 93.2 cm³/mol. The van der Waals surface area contributed by atoms with Gasteiger partial charge in [-0.15, -0.1) is 0 Å². The van der Waals surface area contributed by atoms with Gasteiger partial charge in [0.2, 0.25) is 0 Å². The van der Waals surface area contributed by atoms with Crippen molar-refractivity contribution >= 4 is 60.1 Å². The standard InChI is InChI=1S/C15H9BrClFN2O2S/c1-22-12-3-2-7(16)4-8(12)14(21)20-15-19-11-5-9(17)10(18)6-13(11)23-15/h2-6H,1H3,(H,19,20,21). The van der Waals surface area contributed by atoms with E-state index in [-0.39, 0.29) is 10.9 Å². The van der Waals surface area contributed by atoms with E-state index in [4.69, 9.17) is 16.3 Å². The number of nitrogens with zero attached hydrogens (tertiary/aromatic N) is 1. The maximum Gasteiger partial charge on any atom is 0.261 e. The SMILES string of the molecule is COc1ccc(Br)cc1C(=O)Nc1nc2cc(Cl)c(F)cc2s1. The van der Waals surface area contributed by atoms with Crippen molar-refractivity contribution in [1.29, 1.82) is 0 Å². The van der Waals surface area contributed by atoms with Crippen LogP contribution in [0.25, 0.3) is 10.2 Å². The van der Waals surface area contributed by atoms with Gasteiger partial charge in [-0.1, -0.05) is 38.9 Å². The average Bonchev–Trinajstić information content (AvgIpc) is 2.88. The summed E-state index contributed by atoms with van der Waals surface area (Å²) in [5.74, 6) is -0.441. The molecule has 118 valence electrons. The molecule has 3 aromatic rings. The number of anilines is 1. The molecule has 0 aliphatic heterocycles. The number of carbonyl (C=O) groups is 1. The molecule has 4 nitrogen and oxygen atoms in total. The lowest BCUT2D eigenvalue weighted by molar-refractivity contribution is 0.102. The van der Waals surface area contributed by atoms with E-state index in [0.717, 1.165) is 4.47 Å². The van der Waals surface area contributed by atoms with E-state index in [1.165, 1.54) is 30.6 Å². The van der Waals surface area contributed by atoms with Gasteiger partial charge in [-0.3, -0.25) is 10.1 Å². The minimum atomic E-state index is -0.519. The summed E-state index contributed by atoms with van der Waals surface area (Å²) in [6.07, 6.45) is 0. The zero-order chi connectivity index (χ0) is 16.6. The first-order valence-electron chi connectivity index (χ1n) is 6.38. The van der Waals surface area contributed by atoms with E-state index in [0.29, 0.717) is 26.7 Å². The molecule has 0 saturated carbocycles. The van der Waals surface area contributed by atoms with Gasteiger partial charge in [0, 0.05) is 4.47 Å². The van der Waals surface area contributed by atoms with Crippen LogP contribution in [0.3, 0.4) is 0 Å². The third-order valence-electron chi connectivity index (χ3n) is 3.06. The van der Waals surface area contributed by atoms with Crippen LogP contribution in [0.15, 0.2) is 34.8 Å². The summed E-state index contributed by atoms with van der Waals surface area (Å²) >= 11 is 10.2. The Kier molecular flexibility index (Phi) is 4.52. The average molecular weight is 416 g/mol. The molecule has 1 N–H and O–H groups in total. The summed E-state index contributed by atoms with van der Waals surface area (Å²) in [6.45, 7) is 0. The zero-order valence-electron chi connectivity index (χ0n) is 11.7. The molecule has 1 amide bonds. The highest BCUT2D eigenvalue weighted by Gasteiger charge is 2.16. The molecule has 0 bridgehead atoms. The molecule has 0 radical (unpaired) electrons. The fourth-order valence-electron chi connectivity index (χ4n) is 2.00. The van der Waals surface area contributed by atoms with Crippen LogP contribution < -0.4 is 10.1 Å². The number of rotatable bonds is 3. The number of hydrogen-bond donors (Lipinski definition) is 1. The molecule has 0 saturated heterocycles. The van der Waals surface area contributed by atoms with Crippen LogP contribution in [-0.4, -0.2) is 18.0 Å². The lowest BCUT2D eigenvalue weighted by atomic mass is 10.2. The van der Waals surface area contributed by atoms with Crippen molar-refractivity contribution in [2.24, 2.45) is 0 Å². The van der Waals surface area contributed by atoms with Gasteiger partial charge in [0.05, 0.1) is 27.9 Å². The van der Waals surface area contributed by atoms with Crippen molar-refractivity contribution in [3.8, 4) is 5.75 Å². The number of halogens is 3. The molecule has 0 aliphatic carbocycles. The second-order valence-corrected chi connectivity index (χ2v) is 6.91. The molecule has 1 aromatic heterocycles. The molecule has 0 spiro atoms. The monoisotopic (exact) mass is 414 g/mol. The van der Waals surface area contributed by atoms with Crippen LogP contribution in [0.4, 0.5) is 9.52 Å². The van der Waals surface area contributed by atoms with Gasteiger partial charge >= 0.3 is 0 Å². The second kappa shape index (κ2) is 6.43. The second-order valence-electron chi connectivity index (χ2n) is 4.55. The molecular weight excluding hydrogens is 407 g/mol. The van der Waals surface area contributed by atoms with E-state index in [9.17, 15) is 9.18 Å². The molecule has 3 rings (SSSR count). The number of fused-ring (bicyclic) bond motifs is 1. The van der Waals surface area contributed by atoms with Gasteiger partial charge in [0.1, 0.15) is 11.6 Å². The van der Waals surface area contributed by atoms with Crippen LogP contribution >= 0.6 is 38.9 Å². The Morgan fingerprint density at radius 2 is 2.17 bits per heavy atom. The quantitative estimate of drug-likeness (QED) is 0.646. The van der Waals surface area contributed by atoms with Crippen molar-refractivity contribution < 1.29 is 13.9 Å². The molecule has 2 aromatic carbocycles. The Balaban J connectivity index is 1.93. The van der Waals surface area contributed by atoms with Crippen LogP contribution in [0.5, 0.6) is 5.75 Å². The maximum absolute atomic E-state index is 13.5. The van der Waals surface area contributed by atoms with E-state index in [1.807, 2.05) is 0 Å². The molecule has 1 heterocycles. The first kappa shape index (κ1) is 16.2. The molecule has 0 unspecified atom stereocenters. The third kappa shape index (κ3) is 3.31. The number of carbonyl (C=O) groups excluding carboxylic acids is 1. The molecule has 0 atom stereocenters. The Hall–Kier alpha value is -1.70. The number of amides is 1. The fourth-order valence-corrected chi connectivity index (χ4v) is 3.39. The number of ether oxygens (including phenoxy) is 1. The van der Waals surface area contributed by atoms with Crippen molar-refractivity contribution in [2.75, 3.05) is 12.4 Å². The summed E-state index contributed by atoms with van der Waals surface area (Å²) in [4.78, 5) is 16.7. The molecule has 0 fully saturated rings. The smallest absolute Gasteiger partial charge is 0.261 e. The highest BCUT2D eigenvalue weighted by molar-refractivity contribution is 9.10. The summed E-state index contributed by atoms with van der Waals surface area (Å²) in [7, 11) is 1.49. The van der Waals surface area contributed by atoms with E-state index in [1.54, 1.807) is 18.2 Å². The van der Waals surface area contributed by atoms with E-state index >= 15 is 0 Å². The maximum atomic E-state index is 13.5. The Morgan fingerprint density at radius 3 is 2.91 bits per heavy atom. The number of benzene rings is 2. The fraction of sp³-hybridized carbons (Fsp3) is 0.0667. The van der Waals surface area contributed by atoms with Crippen molar-refractivity contribution in [3.63, 3.8) is 0 Å².